The summed E-state index contributed by atoms with van der Waals surface area (Å²) in [7, 11) is 0. The van der Waals surface area contributed by atoms with Crippen molar-refractivity contribution >= 4 is 39.5 Å². The molecule has 0 saturated carbocycles. The summed E-state index contributed by atoms with van der Waals surface area (Å²) in [4.78, 5) is 26.1. The number of rotatable bonds is 3. The van der Waals surface area contributed by atoms with Gasteiger partial charge in [-0.3, -0.25) is 9.69 Å². The van der Waals surface area contributed by atoms with Gasteiger partial charge in [0.05, 0.1) is 6.54 Å². The summed E-state index contributed by atoms with van der Waals surface area (Å²) in [6.45, 7) is 1.48. The lowest BCUT2D eigenvalue weighted by molar-refractivity contribution is -0.131. The number of nitrogens with zero attached hydrogens (tertiary/aromatic N) is 1. The topological polar surface area (TPSA) is 49.4 Å². The lowest BCUT2D eigenvalue weighted by atomic mass is 9.92. The highest BCUT2D eigenvalue weighted by molar-refractivity contribution is 9.10. The van der Waals surface area contributed by atoms with Gasteiger partial charge in [-0.1, -0.05) is 39.7 Å². The fourth-order valence-corrected chi connectivity index (χ4v) is 3.19. The quantitative estimate of drug-likeness (QED) is 0.769. The second kappa shape index (κ2) is 6.18. The maximum absolute atomic E-state index is 13.9. The first kappa shape index (κ1) is 16.9. The minimum Gasteiger partial charge on any atom is -0.319 e. The van der Waals surface area contributed by atoms with Gasteiger partial charge in [-0.2, -0.15) is 0 Å². The van der Waals surface area contributed by atoms with E-state index in [1.807, 2.05) is 0 Å². The third-order valence-corrected chi connectivity index (χ3v) is 4.78. The molecule has 1 N–H and O–H groups in total. The van der Waals surface area contributed by atoms with E-state index in [2.05, 4.69) is 21.2 Å². The van der Waals surface area contributed by atoms with Crippen molar-refractivity contribution in [2.45, 2.75) is 19.0 Å². The zero-order chi connectivity index (χ0) is 17.5. The summed E-state index contributed by atoms with van der Waals surface area (Å²) in [5, 5.41) is 3.21. The molecule has 1 heterocycles. The average Bonchev–Trinajstić information content (AvgIpc) is 2.75. The lowest BCUT2D eigenvalue weighted by Crippen LogP contribution is -2.40. The molecule has 1 aliphatic heterocycles. The third-order valence-electron chi connectivity index (χ3n) is 4.03. The predicted molar refractivity (Wildman–Crippen MR) is 92.0 cm³/mol. The summed E-state index contributed by atoms with van der Waals surface area (Å²) in [6.07, 6.45) is 0. The normalized spacial score (nSPS) is 20.4. The number of hydrogen-bond acceptors (Lipinski definition) is 2. The Labute approximate surface area is 151 Å². The van der Waals surface area contributed by atoms with Crippen LogP contribution in [0.25, 0.3) is 0 Å². The number of carbonyl (C=O) groups is 2. The summed E-state index contributed by atoms with van der Waals surface area (Å²) in [6, 6.07) is 10.5. The van der Waals surface area contributed by atoms with Crippen LogP contribution in [0.4, 0.5) is 9.18 Å². The highest BCUT2D eigenvalue weighted by Crippen LogP contribution is 2.31. The number of urea groups is 1. The van der Waals surface area contributed by atoms with Gasteiger partial charge in [0.1, 0.15) is 11.4 Å². The van der Waals surface area contributed by atoms with E-state index in [1.54, 1.807) is 43.3 Å². The molecule has 0 radical (unpaired) electrons. The Morgan fingerprint density at radius 3 is 2.54 bits per heavy atom. The fourth-order valence-electron chi connectivity index (χ4n) is 2.65. The van der Waals surface area contributed by atoms with E-state index in [0.717, 1.165) is 4.90 Å². The fraction of sp³-hybridized carbons (Fsp3) is 0.176. The Morgan fingerprint density at radius 1 is 1.21 bits per heavy atom. The molecule has 1 saturated heterocycles. The van der Waals surface area contributed by atoms with Gasteiger partial charge < -0.3 is 5.32 Å². The van der Waals surface area contributed by atoms with Crippen LogP contribution in [0.2, 0.25) is 5.02 Å². The standard InChI is InChI=1S/C17H13BrClFN2O2/c1-17(11-2-5-13(19)6-3-11)15(23)22(16(24)21-17)9-10-8-12(18)4-7-14(10)20/h2-8H,9H2,1H3,(H,21,24). The number of imide groups is 1. The molecular weight excluding hydrogens is 399 g/mol. The second-order valence-corrected chi connectivity index (χ2v) is 7.04. The van der Waals surface area contributed by atoms with Gasteiger partial charge in [-0.15, -0.1) is 0 Å². The van der Waals surface area contributed by atoms with E-state index in [-0.39, 0.29) is 12.1 Å². The summed E-state index contributed by atoms with van der Waals surface area (Å²) < 4.78 is 14.6. The van der Waals surface area contributed by atoms with Gasteiger partial charge in [-0.05, 0) is 42.8 Å². The number of carbonyl (C=O) groups excluding carboxylic acids is 2. The molecule has 1 aliphatic rings. The van der Waals surface area contributed by atoms with Crippen LogP contribution in [0, 0.1) is 5.82 Å². The van der Waals surface area contributed by atoms with E-state index in [4.69, 9.17) is 11.6 Å². The van der Waals surface area contributed by atoms with Crippen LogP contribution in [0.5, 0.6) is 0 Å². The Hall–Kier alpha value is -1.92. The summed E-state index contributed by atoms with van der Waals surface area (Å²) in [5.41, 5.74) is -0.333. The average molecular weight is 412 g/mol. The SMILES string of the molecule is CC1(c2ccc(Cl)cc2)NC(=O)N(Cc2cc(Br)ccc2F)C1=O. The largest absolute Gasteiger partial charge is 0.325 e. The zero-order valence-corrected chi connectivity index (χ0v) is 15.0. The highest BCUT2D eigenvalue weighted by atomic mass is 79.9. The molecule has 0 aliphatic carbocycles. The molecule has 1 atom stereocenters. The maximum Gasteiger partial charge on any atom is 0.325 e. The van der Waals surface area contributed by atoms with Gasteiger partial charge >= 0.3 is 6.03 Å². The molecule has 24 heavy (non-hydrogen) atoms. The zero-order valence-electron chi connectivity index (χ0n) is 12.6. The lowest BCUT2D eigenvalue weighted by Gasteiger charge is -2.22. The number of halogens is 3. The van der Waals surface area contributed by atoms with E-state index in [0.29, 0.717) is 15.1 Å². The van der Waals surface area contributed by atoms with Crippen molar-refractivity contribution in [3.8, 4) is 0 Å². The monoisotopic (exact) mass is 410 g/mol. The smallest absolute Gasteiger partial charge is 0.319 e. The van der Waals surface area contributed by atoms with Gasteiger partial charge in [0.2, 0.25) is 0 Å². The minimum absolute atomic E-state index is 0.140. The highest BCUT2D eigenvalue weighted by Gasteiger charge is 2.49. The van der Waals surface area contributed by atoms with Crippen LogP contribution < -0.4 is 5.32 Å². The molecule has 2 aromatic rings. The number of nitrogens with one attached hydrogen (secondary N) is 1. The first-order chi connectivity index (χ1) is 11.3. The minimum atomic E-state index is -1.20. The van der Waals surface area contributed by atoms with Crippen LogP contribution in [-0.4, -0.2) is 16.8 Å². The van der Waals surface area contributed by atoms with E-state index < -0.39 is 23.3 Å². The molecule has 124 valence electrons. The van der Waals surface area contributed by atoms with Gasteiger partial charge in [0, 0.05) is 15.1 Å². The molecule has 3 amide bonds. The first-order valence-electron chi connectivity index (χ1n) is 7.15. The Bertz CT molecular complexity index is 828. The number of benzene rings is 2. The van der Waals surface area contributed by atoms with Crippen LogP contribution in [0.15, 0.2) is 46.9 Å². The summed E-state index contributed by atoms with van der Waals surface area (Å²) in [5.74, 6) is -0.909. The van der Waals surface area contributed by atoms with Crippen molar-refractivity contribution < 1.29 is 14.0 Å². The molecule has 1 unspecified atom stereocenters. The Morgan fingerprint density at radius 2 is 1.88 bits per heavy atom. The van der Waals surface area contributed by atoms with Crippen molar-refractivity contribution in [2.24, 2.45) is 0 Å². The van der Waals surface area contributed by atoms with Gasteiger partial charge in [-0.25, -0.2) is 9.18 Å². The second-order valence-electron chi connectivity index (χ2n) is 5.69. The molecule has 2 aromatic carbocycles. The van der Waals surface area contributed by atoms with Crippen molar-refractivity contribution in [3.63, 3.8) is 0 Å². The molecule has 0 spiro atoms. The van der Waals surface area contributed by atoms with Crippen molar-refractivity contribution in [3.05, 3.63) is 68.9 Å². The van der Waals surface area contributed by atoms with E-state index >= 15 is 0 Å². The molecule has 7 heteroatoms. The third kappa shape index (κ3) is 2.91. The van der Waals surface area contributed by atoms with Crippen molar-refractivity contribution in [1.29, 1.82) is 0 Å². The molecule has 4 nitrogen and oxygen atoms in total. The molecular formula is C17H13BrClFN2O2. The van der Waals surface area contributed by atoms with E-state index in [9.17, 15) is 14.0 Å². The van der Waals surface area contributed by atoms with Crippen LogP contribution in [0.3, 0.4) is 0 Å². The molecule has 3 rings (SSSR count). The number of amides is 3. The van der Waals surface area contributed by atoms with Gasteiger partial charge in [0.25, 0.3) is 5.91 Å². The molecule has 0 aromatic heterocycles. The van der Waals surface area contributed by atoms with Crippen LogP contribution >= 0.6 is 27.5 Å². The van der Waals surface area contributed by atoms with Crippen molar-refractivity contribution in [1.82, 2.24) is 10.2 Å². The predicted octanol–water partition coefficient (Wildman–Crippen LogP) is 4.21. The molecule has 1 fully saturated rings. The molecule has 0 bridgehead atoms. The Balaban J connectivity index is 1.91. The number of hydrogen-bond donors (Lipinski definition) is 1. The first-order valence-corrected chi connectivity index (χ1v) is 8.32. The maximum atomic E-state index is 13.9. The van der Waals surface area contributed by atoms with Crippen molar-refractivity contribution in [2.75, 3.05) is 0 Å². The Kier molecular flexibility index (Phi) is 4.36. The summed E-state index contributed by atoms with van der Waals surface area (Å²) >= 11 is 9.13. The van der Waals surface area contributed by atoms with E-state index in [1.165, 1.54) is 6.07 Å². The van der Waals surface area contributed by atoms with Gasteiger partial charge in [0.15, 0.2) is 0 Å². The van der Waals surface area contributed by atoms with Crippen LogP contribution in [-0.2, 0) is 16.9 Å². The van der Waals surface area contributed by atoms with Crippen LogP contribution in [0.1, 0.15) is 18.1 Å².